The Morgan fingerprint density at radius 1 is 1.08 bits per heavy atom. The number of pyridine rings is 1. The number of rotatable bonds is 11. The second kappa shape index (κ2) is 12.0. The lowest BCUT2D eigenvalue weighted by atomic mass is 10.1. The van der Waals surface area contributed by atoms with E-state index in [0.29, 0.717) is 11.2 Å². The summed E-state index contributed by atoms with van der Waals surface area (Å²) in [7, 11) is -2.49. The molecule has 2 N–H and O–H groups in total. The zero-order chi connectivity index (χ0) is 27.1. The number of amides is 2. The maximum atomic E-state index is 13.7. The fourth-order valence-electron chi connectivity index (χ4n) is 3.86. The number of aryl methyl sites for hydroxylation is 1. The molecule has 0 aliphatic carbocycles. The van der Waals surface area contributed by atoms with Crippen LogP contribution in [0.25, 0.3) is 10.9 Å². The highest BCUT2D eigenvalue weighted by molar-refractivity contribution is 7.89. The van der Waals surface area contributed by atoms with Crippen molar-refractivity contribution in [2.45, 2.75) is 17.9 Å². The van der Waals surface area contributed by atoms with Crippen molar-refractivity contribution in [3.63, 3.8) is 0 Å². The van der Waals surface area contributed by atoms with Gasteiger partial charge in [0.15, 0.2) is 6.04 Å². The van der Waals surface area contributed by atoms with Gasteiger partial charge in [-0.15, -0.1) is 0 Å². The fraction of sp³-hybridized carbons (Fsp3) is 0.222. The normalized spacial score (nSPS) is 12.3. The van der Waals surface area contributed by atoms with Gasteiger partial charge in [0.05, 0.1) is 41.7 Å². The van der Waals surface area contributed by atoms with Gasteiger partial charge in [-0.25, -0.2) is 13.1 Å². The van der Waals surface area contributed by atoms with E-state index in [-0.39, 0.29) is 23.8 Å². The summed E-state index contributed by atoms with van der Waals surface area (Å²) in [6, 6.07) is 17.2. The van der Waals surface area contributed by atoms with Crippen molar-refractivity contribution in [3.8, 4) is 0 Å². The van der Waals surface area contributed by atoms with Crippen LogP contribution in [0.3, 0.4) is 0 Å². The first kappa shape index (κ1) is 27.0. The quantitative estimate of drug-likeness (QED) is 0.282. The minimum absolute atomic E-state index is 0.0229. The van der Waals surface area contributed by atoms with E-state index < -0.39 is 34.4 Å². The van der Waals surface area contributed by atoms with Crippen LogP contribution in [0.4, 0.5) is 5.69 Å². The van der Waals surface area contributed by atoms with Crippen LogP contribution in [0.1, 0.15) is 17.4 Å². The molecule has 0 spiro atoms. The Morgan fingerprint density at radius 3 is 2.55 bits per heavy atom. The summed E-state index contributed by atoms with van der Waals surface area (Å²) in [5.41, 5.74) is 1.89. The molecular formula is C27H28N4O6S. The number of sulfonamides is 1. The van der Waals surface area contributed by atoms with Gasteiger partial charge in [0.1, 0.15) is 5.76 Å². The zero-order valence-electron chi connectivity index (χ0n) is 21.0. The Hall–Kier alpha value is -4.06. The Bertz CT molecular complexity index is 1500. The minimum Gasteiger partial charge on any atom is -0.467 e. The molecule has 38 heavy (non-hydrogen) atoms. The molecule has 11 heteroatoms. The molecule has 0 saturated heterocycles. The van der Waals surface area contributed by atoms with E-state index in [9.17, 15) is 18.0 Å². The number of nitrogens with zero attached hydrogens (tertiary/aromatic N) is 2. The molecule has 0 bridgehead atoms. The molecule has 198 valence electrons. The lowest BCUT2D eigenvalue weighted by Gasteiger charge is -2.30. The number of furan rings is 1. The Kier molecular flexibility index (Phi) is 8.52. The van der Waals surface area contributed by atoms with E-state index in [1.807, 2.05) is 31.2 Å². The topological polar surface area (TPSA) is 131 Å². The van der Waals surface area contributed by atoms with E-state index in [1.165, 1.54) is 36.6 Å². The van der Waals surface area contributed by atoms with Crippen LogP contribution in [0.15, 0.2) is 88.5 Å². The maximum Gasteiger partial charge on any atom is 0.251 e. The number of hydrogen-bond donors (Lipinski definition) is 2. The predicted molar refractivity (Wildman–Crippen MR) is 142 cm³/mol. The minimum atomic E-state index is -3.99. The number of ether oxygens (including phenoxy) is 1. The van der Waals surface area contributed by atoms with Crippen LogP contribution in [0, 0.1) is 6.92 Å². The highest BCUT2D eigenvalue weighted by atomic mass is 32.2. The second-order valence-corrected chi connectivity index (χ2v) is 10.3. The third-order valence-electron chi connectivity index (χ3n) is 5.79. The van der Waals surface area contributed by atoms with Gasteiger partial charge in [-0.3, -0.25) is 19.5 Å². The average molecular weight is 537 g/mol. The summed E-state index contributed by atoms with van der Waals surface area (Å²) in [5.74, 6) is -1.01. The highest BCUT2D eigenvalue weighted by Gasteiger charge is 2.35. The molecule has 2 heterocycles. The van der Waals surface area contributed by atoms with Crippen LogP contribution in [0.5, 0.6) is 0 Å². The van der Waals surface area contributed by atoms with E-state index >= 15 is 0 Å². The molecule has 2 aromatic carbocycles. The van der Waals surface area contributed by atoms with Crippen LogP contribution < -0.4 is 14.9 Å². The molecule has 0 saturated carbocycles. The van der Waals surface area contributed by atoms with Crippen molar-refractivity contribution in [3.05, 3.63) is 90.5 Å². The first-order valence-corrected chi connectivity index (χ1v) is 13.3. The third-order valence-corrected chi connectivity index (χ3v) is 7.21. The van der Waals surface area contributed by atoms with E-state index in [2.05, 4.69) is 15.0 Å². The monoisotopic (exact) mass is 536 g/mol. The van der Waals surface area contributed by atoms with E-state index in [1.54, 1.807) is 30.3 Å². The number of fused-ring (bicyclic) bond motifs is 1. The van der Waals surface area contributed by atoms with Crippen molar-refractivity contribution >= 4 is 38.4 Å². The molecule has 0 aliphatic heterocycles. The lowest BCUT2D eigenvalue weighted by Crippen LogP contribution is -2.48. The van der Waals surface area contributed by atoms with Crippen molar-refractivity contribution in [1.29, 1.82) is 0 Å². The van der Waals surface area contributed by atoms with Gasteiger partial charge in [-0.2, -0.15) is 0 Å². The number of carbonyl (C=O) groups is 2. The Balaban J connectivity index is 1.71. The van der Waals surface area contributed by atoms with Gasteiger partial charge in [-0.05, 0) is 43.3 Å². The summed E-state index contributed by atoms with van der Waals surface area (Å²) < 4.78 is 38.7. The molecule has 0 unspecified atom stereocenters. The largest absolute Gasteiger partial charge is 0.467 e. The molecule has 0 radical (unpaired) electrons. The van der Waals surface area contributed by atoms with Gasteiger partial charge < -0.3 is 14.5 Å². The smallest absolute Gasteiger partial charge is 0.251 e. The fourth-order valence-corrected chi connectivity index (χ4v) is 4.84. The van der Waals surface area contributed by atoms with Gasteiger partial charge in [-0.1, -0.05) is 35.9 Å². The van der Waals surface area contributed by atoms with Gasteiger partial charge in [0.25, 0.3) is 5.91 Å². The summed E-state index contributed by atoms with van der Waals surface area (Å²) in [6.45, 7) is 1.70. The molecule has 2 amide bonds. The van der Waals surface area contributed by atoms with Crippen LogP contribution in [-0.4, -0.2) is 52.0 Å². The average Bonchev–Trinajstić information content (AvgIpc) is 3.45. The Labute approximate surface area is 220 Å². The van der Waals surface area contributed by atoms with Crippen molar-refractivity contribution in [2.24, 2.45) is 0 Å². The number of methoxy groups -OCH3 is 1. The third kappa shape index (κ3) is 6.25. The van der Waals surface area contributed by atoms with Crippen LogP contribution in [-0.2, 0) is 24.3 Å². The number of carbonyl (C=O) groups excluding carboxylic acids is 2. The standard InChI is InChI=1S/C27H28N4O6S/c1-19-9-11-22(12-10-19)38(34,35)30-18-25(32)31(21-16-20-6-3-4-7-23(20)29-17-21)26(24-8-5-14-37-24)27(33)28-13-15-36-2/h3-12,14,16-17,26,30H,13,15,18H2,1-2H3,(H,28,33)/t26-/m1/s1. The molecule has 2 aromatic heterocycles. The summed E-state index contributed by atoms with van der Waals surface area (Å²) >= 11 is 0. The number of nitrogens with one attached hydrogen (secondary N) is 2. The molecule has 4 aromatic rings. The zero-order valence-corrected chi connectivity index (χ0v) is 21.8. The molecule has 0 fully saturated rings. The van der Waals surface area contributed by atoms with Crippen LogP contribution >= 0.6 is 0 Å². The van der Waals surface area contributed by atoms with E-state index in [4.69, 9.17) is 9.15 Å². The first-order valence-electron chi connectivity index (χ1n) is 11.8. The second-order valence-electron chi connectivity index (χ2n) is 8.49. The lowest BCUT2D eigenvalue weighted by molar-refractivity contribution is -0.126. The summed E-state index contributed by atoms with van der Waals surface area (Å²) in [5, 5.41) is 3.48. The van der Waals surface area contributed by atoms with E-state index in [0.717, 1.165) is 10.9 Å². The number of aromatic nitrogens is 1. The Morgan fingerprint density at radius 2 is 1.84 bits per heavy atom. The first-order chi connectivity index (χ1) is 18.3. The molecule has 1 atom stereocenters. The SMILES string of the molecule is COCCNC(=O)[C@@H](c1ccco1)N(C(=O)CNS(=O)(=O)c1ccc(C)cc1)c1cnc2ccccc2c1. The van der Waals surface area contributed by atoms with Gasteiger partial charge in [0.2, 0.25) is 15.9 Å². The number of hydrogen-bond acceptors (Lipinski definition) is 7. The molecule has 4 rings (SSSR count). The van der Waals surface area contributed by atoms with Crippen LogP contribution in [0.2, 0.25) is 0 Å². The number of anilines is 1. The number of para-hydroxylation sites is 1. The molecule has 10 nitrogen and oxygen atoms in total. The highest BCUT2D eigenvalue weighted by Crippen LogP contribution is 2.30. The van der Waals surface area contributed by atoms with Crippen molar-refractivity contribution in [2.75, 3.05) is 31.7 Å². The van der Waals surface area contributed by atoms with Crippen molar-refractivity contribution < 1.29 is 27.2 Å². The van der Waals surface area contributed by atoms with Gasteiger partial charge >= 0.3 is 0 Å². The number of benzene rings is 2. The maximum absolute atomic E-state index is 13.7. The van der Waals surface area contributed by atoms with Gasteiger partial charge in [0, 0.05) is 19.0 Å². The summed E-state index contributed by atoms with van der Waals surface area (Å²) in [4.78, 5) is 32.7. The molecular weight excluding hydrogens is 508 g/mol. The molecule has 0 aliphatic rings. The van der Waals surface area contributed by atoms with Crippen molar-refractivity contribution in [1.82, 2.24) is 15.0 Å². The predicted octanol–water partition coefficient (Wildman–Crippen LogP) is 2.95. The summed E-state index contributed by atoms with van der Waals surface area (Å²) in [6.07, 6.45) is 2.86.